The van der Waals surface area contributed by atoms with Crippen LogP contribution in [0.25, 0.3) is 10.2 Å². The van der Waals surface area contributed by atoms with Crippen molar-refractivity contribution in [2.75, 3.05) is 23.3 Å². The van der Waals surface area contributed by atoms with Crippen LogP contribution in [0.5, 0.6) is 0 Å². The van der Waals surface area contributed by atoms with Gasteiger partial charge in [-0.05, 0) is 49.2 Å². The van der Waals surface area contributed by atoms with Gasteiger partial charge in [0.1, 0.15) is 5.82 Å². The Morgan fingerprint density at radius 1 is 1.22 bits per heavy atom. The van der Waals surface area contributed by atoms with Crippen LogP contribution in [0.4, 0.5) is 15.2 Å². The maximum Gasteiger partial charge on any atom is 0.229 e. The Morgan fingerprint density at radius 3 is 2.89 bits per heavy atom. The molecular formula is C19H16Cl2FN3OS. The monoisotopic (exact) mass is 423 g/mol. The van der Waals surface area contributed by atoms with Crippen molar-refractivity contribution in [3.63, 3.8) is 0 Å². The van der Waals surface area contributed by atoms with Crippen molar-refractivity contribution in [1.29, 1.82) is 0 Å². The third kappa shape index (κ3) is 4.03. The van der Waals surface area contributed by atoms with Crippen molar-refractivity contribution in [2.45, 2.75) is 12.8 Å². The number of piperidine rings is 1. The Labute approximate surface area is 169 Å². The molecule has 0 radical (unpaired) electrons. The highest BCUT2D eigenvalue weighted by Gasteiger charge is 2.27. The molecule has 1 amide bonds. The number of fused-ring (bicyclic) bond motifs is 1. The van der Waals surface area contributed by atoms with E-state index in [0.29, 0.717) is 22.3 Å². The number of hydrogen-bond donors (Lipinski definition) is 1. The maximum absolute atomic E-state index is 13.4. The first-order chi connectivity index (χ1) is 13.0. The van der Waals surface area contributed by atoms with E-state index in [0.717, 1.165) is 34.7 Å². The summed E-state index contributed by atoms with van der Waals surface area (Å²) in [5, 5.41) is 4.59. The minimum absolute atomic E-state index is 0.0507. The lowest BCUT2D eigenvalue weighted by Gasteiger charge is -2.31. The molecule has 0 bridgehead atoms. The van der Waals surface area contributed by atoms with E-state index >= 15 is 0 Å². The van der Waals surface area contributed by atoms with Crippen molar-refractivity contribution < 1.29 is 9.18 Å². The fourth-order valence-electron chi connectivity index (χ4n) is 3.20. The van der Waals surface area contributed by atoms with E-state index in [1.54, 1.807) is 24.3 Å². The van der Waals surface area contributed by atoms with Gasteiger partial charge in [0, 0.05) is 18.8 Å². The molecule has 8 heteroatoms. The molecule has 1 unspecified atom stereocenters. The number of nitrogens with one attached hydrogen (secondary N) is 1. The second-order valence-corrected chi connectivity index (χ2v) is 8.34. The topological polar surface area (TPSA) is 45.2 Å². The first-order valence-electron chi connectivity index (χ1n) is 8.56. The third-order valence-electron chi connectivity index (χ3n) is 4.59. The quantitative estimate of drug-likeness (QED) is 0.596. The predicted octanol–water partition coefficient (Wildman–Crippen LogP) is 5.60. The van der Waals surface area contributed by atoms with Crippen LogP contribution in [-0.2, 0) is 4.79 Å². The van der Waals surface area contributed by atoms with Crippen molar-refractivity contribution in [1.82, 2.24) is 4.98 Å². The normalized spacial score (nSPS) is 17.3. The number of carbonyl (C=O) groups is 1. The Balaban J connectivity index is 1.48. The average molecular weight is 424 g/mol. The number of benzene rings is 2. The first kappa shape index (κ1) is 18.5. The number of amides is 1. The van der Waals surface area contributed by atoms with Gasteiger partial charge in [-0.1, -0.05) is 34.5 Å². The largest absolute Gasteiger partial charge is 0.347 e. The van der Waals surface area contributed by atoms with Gasteiger partial charge in [-0.3, -0.25) is 4.79 Å². The van der Waals surface area contributed by atoms with E-state index in [-0.39, 0.29) is 17.6 Å². The Morgan fingerprint density at radius 2 is 2.07 bits per heavy atom. The molecule has 0 saturated carbocycles. The van der Waals surface area contributed by atoms with E-state index in [1.165, 1.54) is 23.5 Å². The van der Waals surface area contributed by atoms with Crippen LogP contribution in [0, 0.1) is 11.7 Å². The van der Waals surface area contributed by atoms with Crippen LogP contribution in [0.1, 0.15) is 12.8 Å². The van der Waals surface area contributed by atoms with E-state index in [2.05, 4.69) is 15.2 Å². The summed E-state index contributed by atoms with van der Waals surface area (Å²) in [6.07, 6.45) is 1.70. The zero-order valence-corrected chi connectivity index (χ0v) is 16.5. The van der Waals surface area contributed by atoms with E-state index in [1.807, 2.05) is 0 Å². The van der Waals surface area contributed by atoms with Gasteiger partial charge in [0.25, 0.3) is 0 Å². The Hall–Kier alpha value is -1.89. The summed E-state index contributed by atoms with van der Waals surface area (Å²) in [6.45, 7) is 1.41. The SMILES string of the molecule is O=C(Nc1ccc(Cl)c(Cl)c1)C1CCCN(c2nc3ccc(F)cc3s2)C1. The zero-order valence-electron chi connectivity index (χ0n) is 14.2. The predicted molar refractivity (Wildman–Crippen MR) is 110 cm³/mol. The minimum Gasteiger partial charge on any atom is -0.347 e. The summed E-state index contributed by atoms with van der Waals surface area (Å²) in [4.78, 5) is 19.4. The lowest BCUT2D eigenvalue weighted by molar-refractivity contribution is -0.120. The van der Waals surface area contributed by atoms with Crippen molar-refractivity contribution >= 4 is 61.5 Å². The van der Waals surface area contributed by atoms with Gasteiger partial charge in [-0.2, -0.15) is 0 Å². The van der Waals surface area contributed by atoms with Gasteiger partial charge in [-0.15, -0.1) is 0 Å². The van der Waals surface area contributed by atoms with Crippen LogP contribution < -0.4 is 10.2 Å². The molecule has 2 aromatic carbocycles. The molecular weight excluding hydrogens is 408 g/mol. The molecule has 4 nitrogen and oxygen atoms in total. The van der Waals surface area contributed by atoms with Gasteiger partial charge in [-0.25, -0.2) is 9.37 Å². The summed E-state index contributed by atoms with van der Waals surface area (Å²) < 4.78 is 14.2. The second kappa shape index (κ2) is 7.62. The van der Waals surface area contributed by atoms with Gasteiger partial charge >= 0.3 is 0 Å². The lowest BCUT2D eigenvalue weighted by Crippen LogP contribution is -2.40. The lowest BCUT2D eigenvalue weighted by atomic mass is 9.97. The number of halogens is 3. The Kier molecular flexibility index (Phi) is 5.21. The number of anilines is 2. The fraction of sp³-hybridized carbons (Fsp3) is 0.263. The average Bonchev–Trinajstić information content (AvgIpc) is 3.08. The highest BCUT2D eigenvalue weighted by molar-refractivity contribution is 7.22. The van der Waals surface area contributed by atoms with Crippen molar-refractivity contribution in [3.8, 4) is 0 Å². The van der Waals surface area contributed by atoms with E-state index in [9.17, 15) is 9.18 Å². The van der Waals surface area contributed by atoms with Gasteiger partial charge < -0.3 is 10.2 Å². The molecule has 140 valence electrons. The van der Waals surface area contributed by atoms with Crippen molar-refractivity contribution in [3.05, 3.63) is 52.3 Å². The van der Waals surface area contributed by atoms with Crippen LogP contribution in [0.15, 0.2) is 36.4 Å². The molecule has 3 aromatic rings. The van der Waals surface area contributed by atoms with Gasteiger partial charge in [0.05, 0.1) is 26.2 Å². The third-order valence-corrected chi connectivity index (χ3v) is 6.41. The molecule has 1 saturated heterocycles. The van der Waals surface area contributed by atoms with Crippen LogP contribution >= 0.6 is 34.5 Å². The van der Waals surface area contributed by atoms with E-state index in [4.69, 9.17) is 23.2 Å². The van der Waals surface area contributed by atoms with Gasteiger partial charge in [0.2, 0.25) is 5.91 Å². The van der Waals surface area contributed by atoms with Crippen LogP contribution in [0.2, 0.25) is 10.0 Å². The number of thiazole rings is 1. The molecule has 1 aliphatic rings. The molecule has 1 aliphatic heterocycles. The zero-order chi connectivity index (χ0) is 19.0. The molecule has 2 heterocycles. The minimum atomic E-state index is -0.268. The van der Waals surface area contributed by atoms with Crippen molar-refractivity contribution in [2.24, 2.45) is 5.92 Å². The Bertz CT molecular complexity index is 1010. The maximum atomic E-state index is 13.4. The number of carbonyl (C=O) groups excluding carboxylic acids is 1. The summed E-state index contributed by atoms with van der Waals surface area (Å²) in [5.74, 6) is -0.475. The molecule has 1 fully saturated rings. The molecule has 1 aromatic heterocycles. The molecule has 4 rings (SSSR count). The standard InChI is InChI=1S/C19H16Cl2FN3OS/c20-14-5-4-13(9-15(14)21)23-18(26)11-2-1-7-25(10-11)19-24-16-6-3-12(22)8-17(16)27-19/h3-6,8-9,11H,1-2,7,10H2,(H,23,26). The second-order valence-electron chi connectivity index (χ2n) is 6.51. The summed E-state index contributed by atoms with van der Waals surface area (Å²) in [5.41, 5.74) is 1.40. The molecule has 1 N–H and O–H groups in total. The number of hydrogen-bond acceptors (Lipinski definition) is 4. The number of aromatic nitrogens is 1. The van der Waals surface area contributed by atoms with E-state index < -0.39 is 0 Å². The summed E-state index contributed by atoms with van der Waals surface area (Å²) in [7, 11) is 0. The molecule has 27 heavy (non-hydrogen) atoms. The van der Waals surface area contributed by atoms with Gasteiger partial charge in [0.15, 0.2) is 5.13 Å². The fourth-order valence-corrected chi connectivity index (χ4v) is 4.53. The highest BCUT2D eigenvalue weighted by atomic mass is 35.5. The van der Waals surface area contributed by atoms with Crippen LogP contribution in [0.3, 0.4) is 0 Å². The first-order valence-corrected chi connectivity index (χ1v) is 10.1. The molecule has 1 atom stereocenters. The molecule has 0 spiro atoms. The van der Waals surface area contributed by atoms with Crippen LogP contribution in [-0.4, -0.2) is 24.0 Å². The summed E-state index contributed by atoms with van der Waals surface area (Å²) >= 11 is 13.4. The highest BCUT2D eigenvalue weighted by Crippen LogP contribution is 2.32. The molecule has 0 aliphatic carbocycles. The smallest absolute Gasteiger partial charge is 0.229 e. The number of nitrogens with zero attached hydrogens (tertiary/aromatic N) is 2. The number of rotatable bonds is 3. The summed E-state index contributed by atoms with van der Waals surface area (Å²) in [6, 6.07) is 9.62.